The quantitative estimate of drug-likeness (QED) is 0.434. The highest BCUT2D eigenvalue weighted by Crippen LogP contribution is 2.24. The lowest BCUT2D eigenvalue weighted by Crippen LogP contribution is -2.37. The van der Waals surface area contributed by atoms with Crippen LogP contribution in [0.1, 0.15) is 53.9 Å². The summed E-state index contributed by atoms with van der Waals surface area (Å²) in [6.45, 7) is 11.3. The predicted octanol–water partition coefficient (Wildman–Crippen LogP) is 4.36. The zero-order valence-electron chi connectivity index (χ0n) is 12.7. The molecule has 106 valence electrons. The van der Waals surface area contributed by atoms with Crippen molar-refractivity contribution in [3.8, 4) is 0 Å². The van der Waals surface area contributed by atoms with Gasteiger partial charge in [0.25, 0.3) is 0 Å². The second-order valence-corrected chi connectivity index (χ2v) is 6.79. The fraction of sp³-hybridized carbons (Fsp3) is 0.733. The Bertz CT molecular complexity index is 229. The van der Waals surface area contributed by atoms with Crippen molar-refractivity contribution in [1.82, 2.24) is 0 Å². The minimum atomic E-state index is -1.51. The first kappa shape index (κ1) is 17.6. The Morgan fingerprint density at radius 1 is 1.06 bits per heavy atom. The molecular formula is C15H30O2Si. The molecule has 0 bridgehead atoms. The molecule has 0 saturated carbocycles. The molecular weight excluding hydrogens is 240 g/mol. The number of hydrogen-bond acceptors (Lipinski definition) is 2. The summed E-state index contributed by atoms with van der Waals surface area (Å²) in [5, 5.41) is 0. The minimum absolute atomic E-state index is 0.111. The average molecular weight is 270 g/mol. The van der Waals surface area contributed by atoms with E-state index in [2.05, 4.69) is 52.0 Å². The van der Waals surface area contributed by atoms with E-state index < -0.39 is 9.28 Å². The van der Waals surface area contributed by atoms with Gasteiger partial charge < -0.3 is 8.85 Å². The highest BCUT2D eigenvalue weighted by molar-refractivity contribution is 6.44. The number of rotatable bonds is 10. The van der Waals surface area contributed by atoms with E-state index in [1.165, 1.54) is 0 Å². The fourth-order valence-electron chi connectivity index (χ4n) is 1.83. The van der Waals surface area contributed by atoms with Gasteiger partial charge in [-0.2, -0.15) is 0 Å². The van der Waals surface area contributed by atoms with Crippen molar-refractivity contribution >= 4 is 9.28 Å². The molecule has 0 aliphatic carbocycles. The molecule has 0 N–H and O–H groups in total. The van der Waals surface area contributed by atoms with Gasteiger partial charge in [0.1, 0.15) is 0 Å². The van der Waals surface area contributed by atoms with Crippen molar-refractivity contribution in [3.63, 3.8) is 0 Å². The molecule has 0 aromatic heterocycles. The molecule has 0 aromatic rings. The SMILES string of the molecule is CC=CCC(C)(CC=CC)O[SiH](CCC)OCC. The van der Waals surface area contributed by atoms with Crippen LogP contribution in [0.3, 0.4) is 0 Å². The van der Waals surface area contributed by atoms with Crippen molar-refractivity contribution in [2.75, 3.05) is 6.61 Å². The van der Waals surface area contributed by atoms with Crippen molar-refractivity contribution < 1.29 is 8.85 Å². The first-order chi connectivity index (χ1) is 8.61. The van der Waals surface area contributed by atoms with E-state index >= 15 is 0 Å². The van der Waals surface area contributed by atoms with Crippen LogP contribution < -0.4 is 0 Å². The Morgan fingerprint density at radius 3 is 2.00 bits per heavy atom. The van der Waals surface area contributed by atoms with Crippen molar-refractivity contribution in [3.05, 3.63) is 24.3 Å². The standard InChI is InChI=1S/C15H30O2Si/c1-6-10-12-15(5,13-11-7-2)17-18(14-8-3)16-9-4/h6-7,10-11,18H,8-9,12-14H2,1-5H3. The lowest BCUT2D eigenvalue weighted by molar-refractivity contribution is 0.0561. The maximum absolute atomic E-state index is 6.34. The van der Waals surface area contributed by atoms with E-state index in [9.17, 15) is 0 Å². The van der Waals surface area contributed by atoms with Gasteiger partial charge >= 0.3 is 9.28 Å². The lowest BCUT2D eigenvalue weighted by atomic mass is 9.98. The summed E-state index contributed by atoms with van der Waals surface area (Å²) in [4.78, 5) is 0. The first-order valence-corrected chi connectivity index (χ1v) is 8.89. The molecule has 0 spiro atoms. The third kappa shape index (κ3) is 7.85. The van der Waals surface area contributed by atoms with Gasteiger partial charge in [-0.15, -0.1) is 0 Å². The average Bonchev–Trinajstić information content (AvgIpc) is 2.35. The summed E-state index contributed by atoms with van der Waals surface area (Å²) >= 11 is 0. The number of hydrogen-bond donors (Lipinski definition) is 0. The van der Waals surface area contributed by atoms with E-state index in [0.717, 1.165) is 31.9 Å². The van der Waals surface area contributed by atoms with Crippen molar-refractivity contribution in [2.45, 2.75) is 65.5 Å². The molecule has 18 heavy (non-hydrogen) atoms. The zero-order chi connectivity index (χ0) is 13.9. The third-order valence-electron chi connectivity index (χ3n) is 2.86. The van der Waals surface area contributed by atoms with E-state index in [1.807, 2.05) is 6.92 Å². The van der Waals surface area contributed by atoms with Crippen LogP contribution >= 0.6 is 0 Å². The largest absolute Gasteiger partial charge is 0.397 e. The van der Waals surface area contributed by atoms with Crippen molar-refractivity contribution in [1.29, 1.82) is 0 Å². The van der Waals surface area contributed by atoms with Crippen LogP contribution in [0.25, 0.3) is 0 Å². The number of allylic oxidation sites excluding steroid dienone is 2. The third-order valence-corrected chi connectivity index (χ3v) is 5.45. The zero-order valence-corrected chi connectivity index (χ0v) is 13.9. The van der Waals surface area contributed by atoms with E-state index in [0.29, 0.717) is 0 Å². The van der Waals surface area contributed by atoms with Crippen LogP contribution in [0.5, 0.6) is 0 Å². The van der Waals surface area contributed by atoms with Crippen LogP contribution in [0.15, 0.2) is 24.3 Å². The van der Waals surface area contributed by atoms with E-state index in [4.69, 9.17) is 8.85 Å². The highest BCUT2D eigenvalue weighted by atomic mass is 28.3. The maximum Gasteiger partial charge on any atom is 0.321 e. The van der Waals surface area contributed by atoms with E-state index in [-0.39, 0.29) is 5.60 Å². The van der Waals surface area contributed by atoms with E-state index in [1.54, 1.807) is 0 Å². The normalized spacial score (nSPS) is 17.4. The topological polar surface area (TPSA) is 18.5 Å². The monoisotopic (exact) mass is 270 g/mol. The van der Waals surface area contributed by atoms with Gasteiger partial charge in [-0.1, -0.05) is 37.6 Å². The molecule has 0 heterocycles. The summed E-state index contributed by atoms with van der Waals surface area (Å²) in [5.41, 5.74) is -0.111. The lowest BCUT2D eigenvalue weighted by Gasteiger charge is -2.32. The van der Waals surface area contributed by atoms with Gasteiger partial charge in [-0.05, 0) is 46.6 Å². The fourth-order valence-corrected chi connectivity index (χ4v) is 3.85. The maximum atomic E-state index is 6.34. The molecule has 0 aliphatic rings. The van der Waals surface area contributed by atoms with Gasteiger partial charge in [-0.3, -0.25) is 0 Å². The first-order valence-electron chi connectivity index (χ1n) is 7.13. The molecule has 0 amide bonds. The molecule has 0 aliphatic heterocycles. The summed E-state index contributed by atoms with van der Waals surface area (Å²) in [6.07, 6.45) is 11.6. The van der Waals surface area contributed by atoms with Crippen LogP contribution in [0.2, 0.25) is 6.04 Å². The van der Waals surface area contributed by atoms with Crippen LogP contribution in [-0.2, 0) is 8.85 Å². The second kappa shape index (κ2) is 10.5. The molecule has 0 aromatic carbocycles. The molecule has 0 saturated heterocycles. The Labute approximate surface area is 115 Å². The molecule has 1 atom stereocenters. The molecule has 0 radical (unpaired) electrons. The van der Waals surface area contributed by atoms with Gasteiger partial charge in [0.15, 0.2) is 0 Å². The van der Waals surface area contributed by atoms with Crippen molar-refractivity contribution in [2.24, 2.45) is 0 Å². The summed E-state index contributed by atoms with van der Waals surface area (Å²) < 4.78 is 12.1. The summed E-state index contributed by atoms with van der Waals surface area (Å²) in [5.74, 6) is 0. The van der Waals surface area contributed by atoms with Gasteiger partial charge in [-0.25, -0.2) is 0 Å². The molecule has 0 fully saturated rings. The summed E-state index contributed by atoms with van der Waals surface area (Å²) in [7, 11) is -1.51. The van der Waals surface area contributed by atoms with Gasteiger partial charge in [0.05, 0.1) is 5.60 Å². The molecule has 3 heteroatoms. The highest BCUT2D eigenvalue weighted by Gasteiger charge is 2.27. The van der Waals surface area contributed by atoms with Gasteiger partial charge in [0, 0.05) is 6.61 Å². The predicted molar refractivity (Wildman–Crippen MR) is 82.2 cm³/mol. The molecule has 1 unspecified atom stereocenters. The smallest absolute Gasteiger partial charge is 0.321 e. The van der Waals surface area contributed by atoms with Gasteiger partial charge in [0.2, 0.25) is 0 Å². The minimum Gasteiger partial charge on any atom is -0.397 e. The van der Waals surface area contributed by atoms with Crippen LogP contribution in [0, 0.1) is 0 Å². The Kier molecular flexibility index (Phi) is 10.3. The Hall–Kier alpha value is -0.383. The molecule has 2 nitrogen and oxygen atoms in total. The van der Waals surface area contributed by atoms with Crippen LogP contribution in [-0.4, -0.2) is 21.5 Å². The van der Waals surface area contributed by atoms with Crippen LogP contribution in [0.4, 0.5) is 0 Å². The second-order valence-electron chi connectivity index (χ2n) is 4.79. The Morgan fingerprint density at radius 2 is 1.61 bits per heavy atom. The molecule has 0 rings (SSSR count). The summed E-state index contributed by atoms with van der Waals surface area (Å²) in [6, 6.07) is 1.09. The Balaban J connectivity index is 4.60.